The van der Waals surface area contributed by atoms with E-state index in [0.29, 0.717) is 31.6 Å². The molecule has 1 fully saturated rings. The predicted octanol–water partition coefficient (Wildman–Crippen LogP) is 1.87. The third-order valence-electron chi connectivity index (χ3n) is 6.15. The number of para-hydroxylation sites is 1. The largest absolute Gasteiger partial charge is 0.319 e. The van der Waals surface area contributed by atoms with Crippen LogP contribution in [-0.4, -0.2) is 54.3 Å². The summed E-state index contributed by atoms with van der Waals surface area (Å²) in [5.74, 6) is -0.269. The maximum Gasteiger partial charge on any atom is 0.295 e. The van der Waals surface area contributed by atoms with E-state index in [1.54, 1.807) is 49.0 Å². The lowest BCUT2D eigenvalue weighted by atomic mass is 10.1. The van der Waals surface area contributed by atoms with Gasteiger partial charge in [-0.2, -0.15) is 0 Å². The van der Waals surface area contributed by atoms with Crippen molar-refractivity contribution in [2.45, 2.75) is 30.7 Å². The quantitative estimate of drug-likeness (QED) is 0.534. The van der Waals surface area contributed by atoms with Crippen LogP contribution in [0.4, 0.5) is 5.69 Å². The standard InChI is InChI=1S/C24H29N5O4S/c1-18-23(24(31)29(27(18)2)20-9-5-3-6-10-20)25-22(30)17-28-15-13-19(14-16-28)26-34(32,33)21-11-7-4-8-12-21/h3-12,19,26H,13-17H2,1-2H3,(H,25,30). The zero-order chi connectivity index (χ0) is 24.3. The predicted molar refractivity (Wildman–Crippen MR) is 131 cm³/mol. The average molecular weight is 484 g/mol. The third-order valence-corrected chi connectivity index (χ3v) is 7.69. The van der Waals surface area contributed by atoms with Gasteiger partial charge in [-0.25, -0.2) is 17.8 Å². The summed E-state index contributed by atoms with van der Waals surface area (Å²) < 4.78 is 31.1. The van der Waals surface area contributed by atoms with Crippen LogP contribution >= 0.6 is 0 Å². The highest BCUT2D eigenvalue weighted by atomic mass is 32.2. The maximum atomic E-state index is 13.0. The first kappa shape index (κ1) is 23.9. The Balaban J connectivity index is 1.34. The van der Waals surface area contributed by atoms with Gasteiger partial charge in [0.25, 0.3) is 5.56 Å². The van der Waals surface area contributed by atoms with E-state index >= 15 is 0 Å². The fourth-order valence-corrected chi connectivity index (χ4v) is 5.52. The smallest absolute Gasteiger partial charge is 0.295 e. The van der Waals surface area contributed by atoms with Gasteiger partial charge in [-0.05, 0) is 44.0 Å². The van der Waals surface area contributed by atoms with Crippen LogP contribution in [0.1, 0.15) is 18.5 Å². The van der Waals surface area contributed by atoms with E-state index in [4.69, 9.17) is 0 Å². The minimum atomic E-state index is -3.56. The van der Waals surface area contributed by atoms with Crippen molar-refractivity contribution in [3.05, 3.63) is 76.7 Å². The van der Waals surface area contributed by atoms with Crippen molar-refractivity contribution in [3.8, 4) is 5.69 Å². The number of carbonyl (C=O) groups is 1. The summed E-state index contributed by atoms with van der Waals surface area (Å²) in [4.78, 5) is 27.9. The Hall–Kier alpha value is -3.21. The third kappa shape index (κ3) is 5.14. The first-order valence-corrected chi connectivity index (χ1v) is 12.7. The molecule has 4 rings (SSSR count). The minimum absolute atomic E-state index is 0.136. The highest BCUT2D eigenvalue weighted by molar-refractivity contribution is 7.89. The number of amides is 1. The number of benzene rings is 2. The number of nitrogens with one attached hydrogen (secondary N) is 2. The van der Waals surface area contributed by atoms with Gasteiger partial charge in [0, 0.05) is 26.2 Å². The molecule has 1 aromatic heterocycles. The van der Waals surface area contributed by atoms with Crippen LogP contribution in [0, 0.1) is 6.92 Å². The number of rotatable bonds is 7. The summed E-state index contributed by atoms with van der Waals surface area (Å²) in [5.41, 5.74) is 1.37. The summed E-state index contributed by atoms with van der Waals surface area (Å²) >= 11 is 0. The number of hydrogen-bond donors (Lipinski definition) is 2. The van der Waals surface area contributed by atoms with Crippen LogP contribution in [0.25, 0.3) is 5.69 Å². The van der Waals surface area contributed by atoms with Crippen molar-refractivity contribution >= 4 is 21.6 Å². The molecule has 1 aliphatic heterocycles. The molecule has 0 bridgehead atoms. The minimum Gasteiger partial charge on any atom is -0.319 e. The maximum absolute atomic E-state index is 13.0. The molecule has 2 heterocycles. The van der Waals surface area contributed by atoms with E-state index in [1.165, 1.54) is 4.68 Å². The van der Waals surface area contributed by atoms with Crippen molar-refractivity contribution < 1.29 is 13.2 Å². The Morgan fingerprint density at radius 1 is 1.00 bits per heavy atom. The molecule has 0 atom stereocenters. The molecule has 1 aliphatic rings. The lowest BCUT2D eigenvalue weighted by molar-refractivity contribution is -0.117. The summed E-state index contributed by atoms with van der Waals surface area (Å²) in [5, 5.41) is 2.78. The molecule has 0 radical (unpaired) electrons. The highest BCUT2D eigenvalue weighted by Gasteiger charge is 2.26. The summed E-state index contributed by atoms with van der Waals surface area (Å²) in [7, 11) is -1.78. The van der Waals surface area contributed by atoms with Gasteiger partial charge in [-0.1, -0.05) is 36.4 Å². The van der Waals surface area contributed by atoms with Crippen molar-refractivity contribution in [1.82, 2.24) is 19.0 Å². The number of carbonyl (C=O) groups excluding carboxylic acids is 1. The highest BCUT2D eigenvalue weighted by Crippen LogP contribution is 2.16. The molecule has 1 saturated heterocycles. The van der Waals surface area contributed by atoms with Gasteiger partial charge in [-0.15, -0.1) is 0 Å². The lowest BCUT2D eigenvalue weighted by Gasteiger charge is -2.31. The molecule has 1 amide bonds. The number of piperidine rings is 1. The molecule has 10 heteroatoms. The molecule has 0 aliphatic carbocycles. The fraction of sp³-hybridized carbons (Fsp3) is 0.333. The van der Waals surface area contributed by atoms with E-state index in [1.807, 2.05) is 35.2 Å². The Labute approximate surface area is 199 Å². The molecular weight excluding hydrogens is 454 g/mol. The normalized spacial score (nSPS) is 15.4. The van der Waals surface area contributed by atoms with E-state index in [-0.39, 0.29) is 34.6 Å². The van der Waals surface area contributed by atoms with Crippen molar-refractivity contribution in [2.24, 2.45) is 7.05 Å². The Morgan fingerprint density at radius 3 is 2.21 bits per heavy atom. The fourth-order valence-electron chi connectivity index (χ4n) is 4.19. The van der Waals surface area contributed by atoms with Crippen LogP contribution < -0.4 is 15.6 Å². The van der Waals surface area contributed by atoms with E-state index < -0.39 is 10.0 Å². The zero-order valence-corrected chi connectivity index (χ0v) is 20.1. The van der Waals surface area contributed by atoms with E-state index in [9.17, 15) is 18.0 Å². The van der Waals surface area contributed by atoms with Crippen LogP contribution in [0.2, 0.25) is 0 Å². The molecule has 0 saturated carbocycles. The molecule has 2 N–H and O–H groups in total. The zero-order valence-electron chi connectivity index (χ0n) is 19.3. The van der Waals surface area contributed by atoms with E-state index in [0.717, 1.165) is 5.69 Å². The summed E-state index contributed by atoms with van der Waals surface area (Å²) in [6, 6.07) is 17.4. The van der Waals surface area contributed by atoms with Crippen molar-refractivity contribution in [2.75, 3.05) is 25.0 Å². The van der Waals surface area contributed by atoms with Crippen LogP contribution in [0.15, 0.2) is 70.4 Å². The molecule has 2 aromatic carbocycles. The second kappa shape index (κ2) is 9.96. The number of aromatic nitrogens is 2. The summed E-state index contributed by atoms with van der Waals surface area (Å²) in [6.07, 6.45) is 1.20. The SMILES string of the molecule is Cc1c(NC(=O)CN2CCC(NS(=O)(=O)c3ccccc3)CC2)c(=O)n(-c2ccccc2)n1C. The molecule has 180 valence electrons. The number of likely N-dealkylation sites (tertiary alicyclic amines) is 1. The second-order valence-electron chi connectivity index (χ2n) is 8.47. The average Bonchev–Trinajstić information content (AvgIpc) is 3.04. The van der Waals surface area contributed by atoms with Crippen molar-refractivity contribution in [3.63, 3.8) is 0 Å². The molecule has 0 unspecified atom stereocenters. The van der Waals surface area contributed by atoms with Gasteiger partial charge in [0.15, 0.2) is 0 Å². The van der Waals surface area contributed by atoms with Gasteiger partial charge in [0.1, 0.15) is 5.69 Å². The van der Waals surface area contributed by atoms with Crippen molar-refractivity contribution in [1.29, 1.82) is 0 Å². The molecule has 34 heavy (non-hydrogen) atoms. The first-order chi connectivity index (χ1) is 16.3. The van der Waals surface area contributed by atoms with Gasteiger partial charge in [0.05, 0.1) is 22.8 Å². The topological polar surface area (TPSA) is 105 Å². The molecule has 9 nitrogen and oxygen atoms in total. The lowest BCUT2D eigenvalue weighted by Crippen LogP contribution is -2.46. The Kier molecular flexibility index (Phi) is 7.01. The molecule has 3 aromatic rings. The second-order valence-corrected chi connectivity index (χ2v) is 10.2. The van der Waals surface area contributed by atoms with Gasteiger partial charge in [0.2, 0.25) is 15.9 Å². The number of hydrogen-bond acceptors (Lipinski definition) is 5. The number of sulfonamides is 1. The number of nitrogens with zero attached hydrogens (tertiary/aromatic N) is 3. The van der Waals surface area contributed by atoms with E-state index in [2.05, 4.69) is 10.0 Å². The summed E-state index contributed by atoms with van der Waals surface area (Å²) in [6.45, 7) is 3.09. The number of anilines is 1. The van der Waals surface area contributed by atoms with Crippen LogP contribution in [0.3, 0.4) is 0 Å². The van der Waals surface area contributed by atoms with Crippen LogP contribution in [-0.2, 0) is 21.9 Å². The van der Waals surface area contributed by atoms with Gasteiger partial charge in [-0.3, -0.25) is 19.2 Å². The van der Waals surface area contributed by atoms with Gasteiger partial charge < -0.3 is 5.32 Å². The van der Waals surface area contributed by atoms with Gasteiger partial charge >= 0.3 is 0 Å². The molecular formula is C24H29N5O4S. The first-order valence-electron chi connectivity index (χ1n) is 11.2. The molecule has 0 spiro atoms. The Morgan fingerprint density at radius 2 is 1.59 bits per heavy atom. The monoisotopic (exact) mass is 483 g/mol. The Bertz CT molecular complexity index is 1310. The van der Waals surface area contributed by atoms with Crippen LogP contribution in [0.5, 0.6) is 0 Å².